The Morgan fingerprint density at radius 1 is 1.42 bits per heavy atom. The number of nitrogens with zero attached hydrogens (tertiary/aromatic N) is 2. The third-order valence-electron chi connectivity index (χ3n) is 2.91. The van der Waals surface area contributed by atoms with Gasteiger partial charge in [0.1, 0.15) is 4.21 Å². The van der Waals surface area contributed by atoms with Gasteiger partial charge in [-0.2, -0.15) is 5.10 Å². The number of hydrogen-bond acceptors (Lipinski definition) is 4. The molecule has 0 amide bonds. The third-order valence-corrected chi connectivity index (χ3v) is 6.04. The van der Waals surface area contributed by atoms with E-state index >= 15 is 0 Å². The Bertz CT molecular complexity index is 704. The molecule has 5 nitrogen and oxygen atoms in total. The fraction of sp³-hybridized carbons (Fsp3) is 0.364. The maximum atomic E-state index is 12.1. The average Bonchev–Trinajstić information content (AvgIpc) is 2.84. The van der Waals surface area contributed by atoms with Gasteiger partial charge in [0.05, 0.1) is 10.0 Å². The Morgan fingerprint density at radius 2 is 2.11 bits per heavy atom. The molecule has 0 unspecified atom stereocenters. The SMILES string of the molecule is Cc1nn(C)c(C)c1CNS(=O)(=O)c1ccc(Cl)s1. The predicted molar refractivity (Wildman–Crippen MR) is 76.0 cm³/mol. The second kappa shape index (κ2) is 5.24. The van der Waals surface area contributed by atoms with Crippen molar-refractivity contribution >= 4 is 33.0 Å². The Kier molecular flexibility index (Phi) is 4.00. The number of sulfonamides is 1. The van der Waals surface area contributed by atoms with Gasteiger partial charge >= 0.3 is 0 Å². The number of halogens is 1. The highest BCUT2D eigenvalue weighted by Gasteiger charge is 2.18. The summed E-state index contributed by atoms with van der Waals surface area (Å²) in [7, 11) is -1.68. The van der Waals surface area contributed by atoms with E-state index in [0.717, 1.165) is 28.3 Å². The lowest BCUT2D eigenvalue weighted by atomic mass is 10.2. The lowest BCUT2D eigenvalue weighted by molar-refractivity contribution is 0.583. The largest absolute Gasteiger partial charge is 0.272 e. The summed E-state index contributed by atoms with van der Waals surface area (Å²) in [6, 6.07) is 3.07. The lowest BCUT2D eigenvalue weighted by Crippen LogP contribution is -2.23. The van der Waals surface area contributed by atoms with Gasteiger partial charge in [0.25, 0.3) is 0 Å². The molecular formula is C11H14ClN3O2S2. The van der Waals surface area contributed by atoms with Crippen LogP contribution >= 0.6 is 22.9 Å². The molecule has 0 saturated heterocycles. The highest BCUT2D eigenvalue weighted by Crippen LogP contribution is 2.25. The highest BCUT2D eigenvalue weighted by molar-refractivity contribution is 7.91. The second-order valence-corrected chi connectivity index (χ2v) is 7.86. The molecule has 104 valence electrons. The molecule has 0 aliphatic heterocycles. The predicted octanol–water partition coefficient (Wildman–Crippen LogP) is 2.23. The zero-order valence-corrected chi connectivity index (χ0v) is 13.2. The van der Waals surface area contributed by atoms with Gasteiger partial charge in [-0.1, -0.05) is 11.6 Å². The van der Waals surface area contributed by atoms with Crippen molar-refractivity contribution in [2.75, 3.05) is 0 Å². The van der Waals surface area contributed by atoms with E-state index in [1.54, 1.807) is 10.7 Å². The van der Waals surface area contributed by atoms with Crippen LogP contribution in [0.25, 0.3) is 0 Å². The molecule has 1 N–H and O–H groups in total. The molecule has 2 aromatic heterocycles. The molecule has 0 aliphatic rings. The van der Waals surface area contributed by atoms with Gasteiger partial charge in [0.2, 0.25) is 10.0 Å². The van der Waals surface area contributed by atoms with E-state index in [4.69, 9.17) is 11.6 Å². The first kappa shape index (κ1) is 14.5. The second-order valence-electron chi connectivity index (χ2n) is 4.16. The Morgan fingerprint density at radius 3 is 2.58 bits per heavy atom. The van der Waals surface area contributed by atoms with Crippen LogP contribution in [0.2, 0.25) is 4.34 Å². The minimum atomic E-state index is -3.51. The normalized spacial score (nSPS) is 12.0. The van der Waals surface area contributed by atoms with Crippen LogP contribution in [0.5, 0.6) is 0 Å². The molecule has 2 heterocycles. The molecule has 0 saturated carbocycles. The van der Waals surface area contributed by atoms with E-state index in [1.807, 2.05) is 20.9 Å². The van der Waals surface area contributed by atoms with Crippen LogP contribution in [0.1, 0.15) is 17.0 Å². The number of aryl methyl sites for hydroxylation is 2. The fourth-order valence-electron chi connectivity index (χ4n) is 1.75. The number of rotatable bonds is 4. The summed E-state index contributed by atoms with van der Waals surface area (Å²) in [5, 5.41) is 4.25. The molecule has 0 bridgehead atoms. The van der Waals surface area contributed by atoms with Crippen molar-refractivity contribution < 1.29 is 8.42 Å². The maximum absolute atomic E-state index is 12.1. The van der Waals surface area contributed by atoms with Crippen molar-refractivity contribution in [1.29, 1.82) is 0 Å². The van der Waals surface area contributed by atoms with E-state index in [2.05, 4.69) is 9.82 Å². The first-order chi connectivity index (χ1) is 8.81. The number of aromatic nitrogens is 2. The molecule has 0 aliphatic carbocycles. The minimum Gasteiger partial charge on any atom is -0.272 e. The quantitative estimate of drug-likeness (QED) is 0.940. The first-order valence-corrected chi connectivity index (χ1v) is 8.23. The molecule has 0 aromatic carbocycles. The first-order valence-electron chi connectivity index (χ1n) is 5.55. The van der Waals surface area contributed by atoms with Crippen LogP contribution in [-0.2, 0) is 23.6 Å². The summed E-state index contributed by atoms with van der Waals surface area (Å²) >= 11 is 6.79. The topological polar surface area (TPSA) is 64.0 Å². The summed E-state index contributed by atoms with van der Waals surface area (Å²) in [4.78, 5) is 0. The zero-order chi connectivity index (χ0) is 14.2. The monoisotopic (exact) mass is 319 g/mol. The third kappa shape index (κ3) is 3.00. The van der Waals surface area contributed by atoms with Crippen molar-refractivity contribution in [3.05, 3.63) is 33.4 Å². The van der Waals surface area contributed by atoms with Gasteiger partial charge in [-0.15, -0.1) is 11.3 Å². The molecule has 0 fully saturated rings. The van der Waals surface area contributed by atoms with E-state index in [9.17, 15) is 8.42 Å². The van der Waals surface area contributed by atoms with Crippen molar-refractivity contribution in [2.24, 2.45) is 7.05 Å². The van der Waals surface area contributed by atoms with Crippen LogP contribution < -0.4 is 4.72 Å². The Hall–Kier alpha value is -0.890. The van der Waals surface area contributed by atoms with Gasteiger partial charge < -0.3 is 0 Å². The average molecular weight is 320 g/mol. The van der Waals surface area contributed by atoms with Crippen molar-refractivity contribution in [3.63, 3.8) is 0 Å². The molecule has 0 atom stereocenters. The van der Waals surface area contributed by atoms with Crippen LogP contribution in [-0.4, -0.2) is 18.2 Å². The minimum absolute atomic E-state index is 0.219. The molecule has 2 rings (SSSR count). The smallest absolute Gasteiger partial charge is 0.250 e. The van der Waals surface area contributed by atoms with E-state index < -0.39 is 10.0 Å². The number of thiophene rings is 1. The summed E-state index contributed by atoms with van der Waals surface area (Å²) in [6.45, 7) is 3.99. The molecule has 0 spiro atoms. The maximum Gasteiger partial charge on any atom is 0.250 e. The molecule has 2 aromatic rings. The van der Waals surface area contributed by atoms with Gasteiger partial charge in [-0.05, 0) is 26.0 Å². The van der Waals surface area contributed by atoms with Crippen LogP contribution in [0.15, 0.2) is 16.3 Å². The van der Waals surface area contributed by atoms with Crippen molar-refractivity contribution in [1.82, 2.24) is 14.5 Å². The summed E-state index contributed by atoms with van der Waals surface area (Å²) in [5.74, 6) is 0. The fourth-order valence-corrected chi connectivity index (χ4v) is 4.28. The standard InChI is InChI=1S/C11H14ClN3O2S2/c1-7-9(8(2)15(3)14-7)6-13-19(16,17)11-5-4-10(12)18-11/h4-5,13H,6H2,1-3H3. The molecule has 0 radical (unpaired) electrons. The summed E-state index contributed by atoms with van der Waals surface area (Å²) in [5.41, 5.74) is 2.67. The molecule has 19 heavy (non-hydrogen) atoms. The number of hydrogen-bond donors (Lipinski definition) is 1. The Balaban J connectivity index is 2.18. The van der Waals surface area contributed by atoms with Crippen LogP contribution in [0.4, 0.5) is 0 Å². The van der Waals surface area contributed by atoms with Crippen LogP contribution in [0.3, 0.4) is 0 Å². The van der Waals surface area contributed by atoms with Gasteiger partial charge in [0, 0.05) is 24.8 Å². The van der Waals surface area contributed by atoms with Crippen LogP contribution in [0, 0.1) is 13.8 Å². The Labute approximate surface area is 121 Å². The van der Waals surface area contributed by atoms with E-state index in [0.29, 0.717) is 4.34 Å². The van der Waals surface area contributed by atoms with Gasteiger partial charge in [0.15, 0.2) is 0 Å². The van der Waals surface area contributed by atoms with E-state index in [1.165, 1.54) is 6.07 Å². The molecular weight excluding hydrogens is 306 g/mol. The zero-order valence-electron chi connectivity index (χ0n) is 10.8. The van der Waals surface area contributed by atoms with Gasteiger partial charge in [-0.25, -0.2) is 13.1 Å². The summed E-state index contributed by atoms with van der Waals surface area (Å²) < 4.78 is 29.1. The van der Waals surface area contributed by atoms with Gasteiger partial charge in [-0.3, -0.25) is 4.68 Å². The lowest BCUT2D eigenvalue weighted by Gasteiger charge is -2.05. The van der Waals surface area contributed by atoms with Crippen molar-refractivity contribution in [3.8, 4) is 0 Å². The summed E-state index contributed by atoms with van der Waals surface area (Å²) in [6.07, 6.45) is 0. The number of nitrogens with one attached hydrogen (secondary N) is 1. The highest BCUT2D eigenvalue weighted by atomic mass is 35.5. The molecule has 8 heteroatoms. The van der Waals surface area contributed by atoms with E-state index in [-0.39, 0.29) is 10.8 Å². The van der Waals surface area contributed by atoms with Crippen molar-refractivity contribution in [2.45, 2.75) is 24.6 Å².